The molecule has 0 bridgehead atoms. The zero-order chi connectivity index (χ0) is 18.3. The summed E-state index contributed by atoms with van der Waals surface area (Å²) in [7, 11) is 0. The number of aromatic nitrogens is 4. The van der Waals surface area contributed by atoms with Gasteiger partial charge >= 0.3 is 6.08 Å². The second-order valence-corrected chi connectivity index (χ2v) is 7.36. The molecule has 2 aromatic heterocycles. The van der Waals surface area contributed by atoms with Crippen LogP contribution in [0, 0.1) is 9.65 Å². The number of halogens is 2. The van der Waals surface area contributed by atoms with E-state index in [1.54, 1.807) is 0 Å². The number of nitrogens with zero attached hydrogens (tertiary/aromatic N) is 4. The number of nitrogens with two attached hydrogens (primary N) is 2. The first-order chi connectivity index (χ1) is 12.6. The molecule has 0 amide bonds. The van der Waals surface area contributed by atoms with Crippen molar-refractivity contribution in [1.82, 2.24) is 19.5 Å². The molecule has 0 spiro atoms. The number of hydrogen-bond acceptors (Lipinski definition) is 6. The number of anilines is 1. The maximum atomic E-state index is 13.7. The van der Waals surface area contributed by atoms with Gasteiger partial charge in [0.1, 0.15) is 11.6 Å². The van der Waals surface area contributed by atoms with E-state index < -0.39 is 6.08 Å². The SMILES string of the molecule is NCCCn1c(Cc2cc3c(cc2I)CCO3)nc2c(N)nc(F)nc21. The lowest BCUT2D eigenvalue weighted by molar-refractivity contribution is 0.356. The van der Waals surface area contributed by atoms with Crippen LogP contribution in [0.15, 0.2) is 12.1 Å². The van der Waals surface area contributed by atoms with E-state index in [1.165, 1.54) is 5.56 Å². The molecule has 3 aromatic rings. The van der Waals surface area contributed by atoms with Gasteiger partial charge in [0, 0.05) is 23.0 Å². The van der Waals surface area contributed by atoms with Crippen molar-refractivity contribution in [2.75, 3.05) is 18.9 Å². The van der Waals surface area contributed by atoms with Gasteiger partial charge in [0.2, 0.25) is 0 Å². The molecule has 0 fully saturated rings. The van der Waals surface area contributed by atoms with Gasteiger partial charge in [0.05, 0.1) is 6.61 Å². The van der Waals surface area contributed by atoms with Gasteiger partial charge in [0.25, 0.3) is 0 Å². The van der Waals surface area contributed by atoms with Crippen molar-refractivity contribution in [2.24, 2.45) is 5.73 Å². The summed E-state index contributed by atoms with van der Waals surface area (Å²) < 4.78 is 22.4. The molecule has 1 aliphatic heterocycles. The van der Waals surface area contributed by atoms with Gasteiger partial charge in [0.15, 0.2) is 17.0 Å². The second kappa shape index (κ2) is 6.95. The summed E-state index contributed by atoms with van der Waals surface area (Å²) in [5.41, 5.74) is 14.7. The van der Waals surface area contributed by atoms with E-state index in [9.17, 15) is 4.39 Å². The third kappa shape index (κ3) is 3.09. The Balaban J connectivity index is 1.79. The maximum Gasteiger partial charge on any atom is 0.312 e. The fraction of sp³-hybridized carbons (Fsp3) is 0.353. The van der Waals surface area contributed by atoms with Crippen LogP contribution >= 0.6 is 22.6 Å². The largest absolute Gasteiger partial charge is 0.493 e. The molecular weight excluding hydrogens is 450 g/mol. The van der Waals surface area contributed by atoms with Crippen molar-refractivity contribution in [3.05, 3.63) is 38.7 Å². The van der Waals surface area contributed by atoms with E-state index in [0.29, 0.717) is 30.7 Å². The standard InChI is InChI=1S/C17H18FIN6O/c18-17-23-15(21)14-16(24-17)25(4-1-3-20)13(22-14)8-10-7-12-9(2-5-26-12)6-11(10)19/h6-7H,1-5,8,20H2,(H2,21,23,24). The Kier molecular flexibility index (Phi) is 4.65. The molecule has 0 saturated heterocycles. The molecule has 4 rings (SSSR count). The minimum atomic E-state index is -0.851. The molecule has 9 heteroatoms. The van der Waals surface area contributed by atoms with E-state index in [1.807, 2.05) is 4.57 Å². The van der Waals surface area contributed by atoms with Gasteiger partial charge in [-0.05, 0) is 58.8 Å². The van der Waals surface area contributed by atoms with Crippen molar-refractivity contribution in [2.45, 2.75) is 25.8 Å². The average Bonchev–Trinajstić information content (AvgIpc) is 3.18. The van der Waals surface area contributed by atoms with Gasteiger partial charge in [-0.3, -0.25) is 0 Å². The second-order valence-electron chi connectivity index (χ2n) is 6.20. The summed E-state index contributed by atoms with van der Waals surface area (Å²) >= 11 is 2.33. The lowest BCUT2D eigenvalue weighted by Gasteiger charge is -2.10. The molecule has 7 nitrogen and oxygen atoms in total. The van der Waals surface area contributed by atoms with Crippen LogP contribution in [0.3, 0.4) is 0 Å². The summed E-state index contributed by atoms with van der Waals surface area (Å²) in [6.45, 7) is 1.83. The third-order valence-corrected chi connectivity index (χ3v) is 5.47. The van der Waals surface area contributed by atoms with Gasteiger partial charge in [-0.15, -0.1) is 0 Å². The van der Waals surface area contributed by atoms with Crippen molar-refractivity contribution in [1.29, 1.82) is 0 Å². The molecule has 4 N–H and O–H groups in total. The van der Waals surface area contributed by atoms with E-state index in [0.717, 1.165) is 40.2 Å². The third-order valence-electron chi connectivity index (χ3n) is 4.47. The number of rotatable bonds is 5. The minimum absolute atomic E-state index is 0.0484. The summed E-state index contributed by atoms with van der Waals surface area (Å²) in [6, 6.07) is 4.21. The van der Waals surface area contributed by atoms with Crippen LogP contribution < -0.4 is 16.2 Å². The number of hydrogen-bond donors (Lipinski definition) is 2. The highest BCUT2D eigenvalue weighted by Gasteiger charge is 2.20. The Morgan fingerprint density at radius 1 is 1.27 bits per heavy atom. The molecule has 1 aliphatic rings. The first-order valence-electron chi connectivity index (χ1n) is 8.39. The zero-order valence-electron chi connectivity index (χ0n) is 14.0. The number of fused-ring (bicyclic) bond motifs is 2. The van der Waals surface area contributed by atoms with Crippen molar-refractivity contribution in [3.8, 4) is 5.75 Å². The molecule has 0 radical (unpaired) electrons. The highest BCUT2D eigenvalue weighted by Crippen LogP contribution is 2.31. The summed E-state index contributed by atoms with van der Waals surface area (Å²) in [5.74, 6) is 1.73. The first-order valence-corrected chi connectivity index (χ1v) is 9.47. The molecule has 0 unspecified atom stereocenters. The van der Waals surface area contributed by atoms with Crippen LogP contribution in [0.5, 0.6) is 5.75 Å². The fourth-order valence-corrected chi connectivity index (χ4v) is 3.92. The molecule has 3 heterocycles. The van der Waals surface area contributed by atoms with Gasteiger partial charge in [-0.25, -0.2) is 4.98 Å². The summed E-state index contributed by atoms with van der Waals surface area (Å²) in [5, 5.41) is 0. The monoisotopic (exact) mass is 468 g/mol. The quantitative estimate of drug-likeness (QED) is 0.439. The van der Waals surface area contributed by atoms with Crippen LogP contribution in [0.2, 0.25) is 0 Å². The number of ether oxygens (including phenoxy) is 1. The highest BCUT2D eigenvalue weighted by molar-refractivity contribution is 14.1. The Hall–Kier alpha value is -2.01. The van der Waals surface area contributed by atoms with E-state index in [2.05, 4.69) is 49.7 Å². The smallest absolute Gasteiger partial charge is 0.312 e. The zero-order valence-corrected chi connectivity index (χ0v) is 16.2. The minimum Gasteiger partial charge on any atom is -0.493 e. The van der Waals surface area contributed by atoms with Gasteiger partial charge in [-0.1, -0.05) is 0 Å². The summed E-state index contributed by atoms with van der Waals surface area (Å²) in [4.78, 5) is 12.1. The molecule has 1 aromatic carbocycles. The normalized spacial score (nSPS) is 13.2. The van der Waals surface area contributed by atoms with E-state index in [-0.39, 0.29) is 5.82 Å². The number of nitrogen functional groups attached to an aromatic ring is 1. The van der Waals surface area contributed by atoms with E-state index >= 15 is 0 Å². The number of benzene rings is 1. The van der Waals surface area contributed by atoms with Crippen molar-refractivity contribution in [3.63, 3.8) is 0 Å². The van der Waals surface area contributed by atoms with Crippen LogP contribution in [0.25, 0.3) is 11.2 Å². The maximum absolute atomic E-state index is 13.7. The van der Waals surface area contributed by atoms with Crippen molar-refractivity contribution >= 4 is 39.6 Å². The van der Waals surface area contributed by atoms with Gasteiger partial charge in [-0.2, -0.15) is 14.4 Å². The fourth-order valence-electron chi connectivity index (χ4n) is 3.20. The van der Waals surface area contributed by atoms with E-state index in [4.69, 9.17) is 16.2 Å². The molecular formula is C17H18FIN6O. The lowest BCUT2D eigenvalue weighted by Crippen LogP contribution is -2.10. The Labute approximate surface area is 163 Å². The Bertz CT molecular complexity index is 989. The Morgan fingerprint density at radius 2 is 2.12 bits per heavy atom. The van der Waals surface area contributed by atoms with Crippen LogP contribution in [-0.2, 0) is 19.4 Å². The highest BCUT2D eigenvalue weighted by atomic mass is 127. The molecule has 0 atom stereocenters. The predicted octanol–water partition coefficient (Wildman–Crippen LogP) is 2.03. The molecule has 26 heavy (non-hydrogen) atoms. The lowest BCUT2D eigenvalue weighted by atomic mass is 10.1. The van der Waals surface area contributed by atoms with Crippen LogP contribution in [0.1, 0.15) is 23.4 Å². The molecule has 136 valence electrons. The van der Waals surface area contributed by atoms with Gasteiger partial charge < -0.3 is 20.8 Å². The number of aryl methyl sites for hydroxylation is 1. The van der Waals surface area contributed by atoms with Crippen LogP contribution in [0.4, 0.5) is 10.2 Å². The summed E-state index contributed by atoms with van der Waals surface area (Å²) in [6.07, 6.45) is 1.38. The Morgan fingerprint density at radius 3 is 2.92 bits per heavy atom. The molecule has 0 aliphatic carbocycles. The predicted molar refractivity (Wildman–Crippen MR) is 105 cm³/mol. The topological polar surface area (TPSA) is 105 Å². The van der Waals surface area contributed by atoms with Crippen molar-refractivity contribution < 1.29 is 9.13 Å². The first kappa shape index (κ1) is 17.4. The van der Waals surface area contributed by atoms with Crippen LogP contribution in [-0.4, -0.2) is 32.7 Å². The number of imidazole rings is 1. The average molecular weight is 468 g/mol. The molecule has 0 saturated carbocycles.